The van der Waals surface area contributed by atoms with Crippen LogP contribution >= 0.6 is 0 Å². The maximum atomic E-state index is 13.7. The van der Waals surface area contributed by atoms with Gasteiger partial charge in [0.2, 0.25) is 0 Å². The van der Waals surface area contributed by atoms with Crippen LogP contribution in [0.3, 0.4) is 0 Å². The van der Waals surface area contributed by atoms with Gasteiger partial charge in [0, 0.05) is 13.1 Å². The fraction of sp³-hybridized carbons (Fsp3) is 0.367. The minimum absolute atomic E-state index is 0.113. The van der Waals surface area contributed by atoms with Gasteiger partial charge in [-0.15, -0.1) is 0 Å². The first-order chi connectivity index (χ1) is 18.8. The number of rotatable bonds is 8. The maximum absolute atomic E-state index is 13.7. The number of ether oxygens (including phenoxy) is 2. The third-order valence-electron chi connectivity index (χ3n) is 7.24. The molecule has 0 spiro atoms. The lowest BCUT2D eigenvalue weighted by Gasteiger charge is -2.35. The van der Waals surface area contributed by atoms with E-state index in [2.05, 4.69) is 22.3 Å². The molecule has 2 aliphatic heterocycles. The van der Waals surface area contributed by atoms with Crippen molar-refractivity contribution < 1.29 is 22.7 Å². The van der Waals surface area contributed by atoms with Crippen LogP contribution in [0.15, 0.2) is 71.6 Å². The SMILES string of the molecule is COc1ccc(S(=O)(=O)N2C[C@@H](C(=O)NCc3cccc(CN4CCCCC4)c3)Oc3ccc(C)cc32)cc1. The molecule has 0 radical (unpaired) electrons. The number of nitrogens with zero attached hydrogens (tertiary/aromatic N) is 2. The van der Waals surface area contributed by atoms with Crippen LogP contribution in [0, 0.1) is 6.92 Å². The molecule has 0 bridgehead atoms. The van der Waals surface area contributed by atoms with Gasteiger partial charge in [0.15, 0.2) is 6.10 Å². The van der Waals surface area contributed by atoms with Gasteiger partial charge in [-0.2, -0.15) is 0 Å². The number of benzene rings is 3. The largest absolute Gasteiger partial charge is 0.497 e. The Bertz CT molecular complexity index is 1420. The topological polar surface area (TPSA) is 88.2 Å². The summed E-state index contributed by atoms with van der Waals surface area (Å²) in [6, 6.07) is 19.8. The summed E-state index contributed by atoms with van der Waals surface area (Å²) >= 11 is 0. The number of likely N-dealkylation sites (tertiary alicyclic amines) is 1. The van der Waals surface area contributed by atoms with Crippen molar-refractivity contribution in [3.05, 3.63) is 83.4 Å². The van der Waals surface area contributed by atoms with Crippen LogP contribution in [0.4, 0.5) is 5.69 Å². The lowest BCUT2D eigenvalue weighted by atomic mass is 10.1. The smallest absolute Gasteiger partial charge is 0.264 e. The van der Waals surface area contributed by atoms with Crippen molar-refractivity contribution in [1.29, 1.82) is 0 Å². The van der Waals surface area contributed by atoms with Crippen molar-refractivity contribution in [2.75, 3.05) is 31.0 Å². The summed E-state index contributed by atoms with van der Waals surface area (Å²) in [4.78, 5) is 15.8. The van der Waals surface area contributed by atoms with Crippen LogP contribution < -0.4 is 19.1 Å². The second-order valence-electron chi connectivity index (χ2n) is 10.2. The van der Waals surface area contributed by atoms with Crippen molar-refractivity contribution in [2.24, 2.45) is 0 Å². The van der Waals surface area contributed by atoms with E-state index in [1.807, 2.05) is 25.1 Å². The van der Waals surface area contributed by atoms with Gasteiger partial charge in [0.25, 0.3) is 15.9 Å². The monoisotopic (exact) mass is 549 g/mol. The highest BCUT2D eigenvalue weighted by Crippen LogP contribution is 2.38. The lowest BCUT2D eigenvalue weighted by molar-refractivity contribution is -0.127. The molecule has 8 nitrogen and oxygen atoms in total. The number of amides is 1. The van der Waals surface area contributed by atoms with Crippen molar-refractivity contribution >= 4 is 21.6 Å². The Morgan fingerprint density at radius 1 is 1.00 bits per heavy atom. The molecule has 0 saturated carbocycles. The molecule has 206 valence electrons. The summed E-state index contributed by atoms with van der Waals surface area (Å²) < 4.78 is 39.9. The number of aryl methyl sites for hydroxylation is 1. The van der Waals surface area contributed by atoms with Crippen LogP contribution in [-0.2, 0) is 27.9 Å². The van der Waals surface area contributed by atoms with Crippen LogP contribution in [0.1, 0.15) is 36.0 Å². The first-order valence-electron chi connectivity index (χ1n) is 13.4. The second kappa shape index (κ2) is 11.7. The van der Waals surface area contributed by atoms with E-state index in [1.165, 1.54) is 48.4 Å². The Kier molecular flexibility index (Phi) is 8.09. The molecule has 1 atom stereocenters. The molecule has 9 heteroatoms. The van der Waals surface area contributed by atoms with Gasteiger partial charge in [-0.1, -0.05) is 36.8 Å². The van der Waals surface area contributed by atoms with Gasteiger partial charge in [0.1, 0.15) is 11.5 Å². The van der Waals surface area contributed by atoms with Gasteiger partial charge < -0.3 is 14.8 Å². The van der Waals surface area contributed by atoms with Crippen LogP contribution in [0.5, 0.6) is 11.5 Å². The highest BCUT2D eigenvalue weighted by Gasteiger charge is 2.37. The highest BCUT2D eigenvalue weighted by molar-refractivity contribution is 7.92. The summed E-state index contributed by atoms with van der Waals surface area (Å²) in [5.74, 6) is 0.551. The number of carbonyl (C=O) groups excluding carboxylic acids is 1. The highest BCUT2D eigenvalue weighted by atomic mass is 32.2. The van der Waals surface area contributed by atoms with Gasteiger partial charge in [0.05, 0.1) is 24.2 Å². The van der Waals surface area contributed by atoms with Gasteiger partial charge in [-0.05, 0) is 85.9 Å². The Hall–Kier alpha value is -3.56. The molecule has 1 N–H and O–H groups in total. The summed E-state index contributed by atoms with van der Waals surface area (Å²) in [7, 11) is -2.43. The Morgan fingerprint density at radius 2 is 1.74 bits per heavy atom. The first kappa shape index (κ1) is 27.0. The third-order valence-corrected chi connectivity index (χ3v) is 9.03. The standard InChI is InChI=1S/C30H35N3O5S/c1-22-9-14-28-27(17-22)33(39(35,36)26-12-10-25(37-2)11-13-26)21-29(38-28)30(34)31-19-23-7-6-8-24(18-23)20-32-15-4-3-5-16-32/h6-14,17-18,29H,3-5,15-16,19-21H2,1-2H3,(H,31,34)/t29-/m0/s1. The summed E-state index contributed by atoms with van der Waals surface area (Å²) in [5.41, 5.74) is 3.52. The molecular weight excluding hydrogens is 514 g/mol. The molecule has 1 amide bonds. The Labute approximate surface area is 230 Å². The average molecular weight is 550 g/mol. The second-order valence-corrected chi connectivity index (χ2v) is 12.0. The van der Waals surface area contributed by atoms with Crippen LogP contribution in [0.25, 0.3) is 0 Å². The van der Waals surface area contributed by atoms with E-state index in [4.69, 9.17) is 9.47 Å². The molecule has 0 aliphatic carbocycles. The van der Waals surface area contributed by atoms with Gasteiger partial charge >= 0.3 is 0 Å². The van der Waals surface area contributed by atoms with E-state index in [1.54, 1.807) is 24.3 Å². The predicted molar refractivity (Wildman–Crippen MR) is 151 cm³/mol. The molecule has 0 aromatic heterocycles. The molecule has 3 aromatic rings. The van der Waals surface area contributed by atoms with Crippen molar-refractivity contribution in [2.45, 2.75) is 50.3 Å². The predicted octanol–water partition coefficient (Wildman–Crippen LogP) is 4.26. The molecule has 0 unspecified atom stereocenters. The van der Waals surface area contributed by atoms with E-state index in [0.717, 1.165) is 30.8 Å². The number of hydrogen-bond acceptors (Lipinski definition) is 6. The van der Waals surface area contributed by atoms with Crippen LogP contribution in [0.2, 0.25) is 0 Å². The quantitative estimate of drug-likeness (QED) is 0.452. The normalized spacial score (nSPS) is 17.7. The lowest BCUT2D eigenvalue weighted by Crippen LogP contribution is -2.50. The van der Waals surface area contributed by atoms with E-state index < -0.39 is 16.1 Å². The minimum Gasteiger partial charge on any atom is -0.497 e. The molecule has 5 rings (SSSR count). The molecule has 39 heavy (non-hydrogen) atoms. The van der Waals surface area contributed by atoms with Crippen LogP contribution in [-0.4, -0.2) is 52.1 Å². The zero-order valence-corrected chi connectivity index (χ0v) is 23.2. The number of anilines is 1. The molecule has 1 fully saturated rings. The summed E-state index contributed by atoms with van der Waals surface area (Å²) in [6.07, 6.45) is 2.79. The number of sulfonamides is 1. The number of hydrogen-bond donors (Lipinski definition) is 1. The molecule has 2 aliphatic rings. The fourth-order valence-electron chi connectivity index (χ4n) is 5.12. The zero-order chi connectivity index (χ0) is 27.4. The Morgan fingerprint density at radius 3 is 2.49 bits per heavy atom. The van der Waals surface area contributed by atoms with Crippen molar-refractivity contribution in [1.82, 2.24) is 10.2 Å². The Balaban J connectivity index is 1.31. The van der Waals surface area contributed by atoms with E-state index >= 15 is 0 Å². The number of fused-ring (bicyclic) bond motifs is 1. The average Bonchev–Trinajstić information content (AvgIpc) is 2.96. The van der Waals surface area contributed by atoms with Gasteiger partial charge in [-0.25, -0.2) is 8.42 Å². The zero-order valence-electron chi connectivity index (χ0n) is 22.4. The molecule has 2 heterocycles. The third kappa shape index (κ3) is 6.20. The maximum Gasteiger partial charge on any atom is 0.264 e. The summed E-state index contributed by atoms with van der Waals surface area (Å²) in [5, 5.41) is 2.95. The summed E-state index contributed by atoms with van der Waals surface area (Å²) in [6.45, 7) is 5.23. The van der Waals surface area contributed by atoms with E-state index in [0.29, 0.717) is 23.7 Å². The van der Waals surface area contributed by atoms with E-state index in [9.17, 15) is 13.2 Å². The van der Waals surface area contributed by atoms with E-state index in [-0.39, 0.29) is 17.3 Å². The fourth-order valence-corrected chi connectivity index (χ4v) is 6.58. The number of piperidine rings is 1. The number of carbonyl (C=O) groups is 1. The first-order valence-corrected chi connectivity index (χ1v) is 14.8. The molecule has 1 saturated heterocycles. The number of nitrogens with one attached hydrogen (secondary N) is 1. The van der Waals surface area contributed by atoms with Gasteiger partial charge in [-0.3, -0.25) is 14.0 Å². The van der Waals surface area contributed by atoms with Crippen molar-refractivity contribution in [3.63, 3.8) is 0 Å². The van der Waals surface area contributed by atoms with Crippen molar-refractivity contribution in [3.8, 4) is 11.5 Å². The minimum atomic E-state index is -3.96. The number of methoxy groups -OCH3 is 1. The molecular formula is C30H35N3O5S. The molecule has 3 aromatic carbocycles.